The first-order chi connectivity index (χ1) is 11.2. The average Bonchev–Trinajstić information content (AvgIpc) is 2.53. The highest BCUT2D eigenvalue weighted by Crippen LogP contribution is 2.24. The van der Waals surface area contributed by atoms with Gasteiger partial charge in [-0.25, -0.2) is 0 Å². The summed E-state index contributed by atoms with van der Waals surface area (Å²) in [5.41, 5.74) is -0.915. The summed E-state index contributed by atoms with van der Waals surface area (Å²) in [6.45, 7) is 7.69. The smallest absolute Gasteiger partial charge is 0.141 e. The number of benzene rings is 2. The van der Waals surface area contributed by atoms with Crippen LogP contribution in [0.1, 0.15) is 27.2 Å². The van der Waals surface area contributed by atoms with Crippen LogP contribution in [0.4, 0.5) is 0 Å². The van der Waals surface area contributed by atoms with Crippen molar-refractivity contribution in [2.24, 2.45) is 0 Å². The maximum absolute atomic E-state index is 10.4. The van der Waals surface area contributed by atoms with Gasteiger partial charge in [0.25, 0.3) is 0 Å². The van der Waals surface area contributed by atoms with Gasteiger partial charge in [0.15, 0.2) is 0 Å². The van der Waals surface area contributed by atoms with E-state index in [1.54, 1.807) is 13.8 Å². The van der Waals surface area contributed by atoms with E-state index in [-0.39, 0.29) is 0 Å². The Morgan fingerprint density at radius 2 is 1.42 bits per heavy atom. The molecule has 2 rings (SSSR count). The first-order valence-electron chi connectivity index (χ1n) is 8.47. The van der Waals surface area contributed by atoms with Gasteiger partial charge in [-0.15, -0.1) is 0 Å². The molecule has 3 heteroatoms. The zero-order valence-electron chi connectivity index (χ0n) is 15.0. The fourth-order valence-corrected chi connectivity index (χ4v) is 7.37. The topological polar surface area (TPSA) is 40.5 Å². The van der Waals surface area contributed by atoms with Gasteiger partial charge in [-0.05, 0) is 37.6 Å². The van der Waals surface area contributed by atoms with Crippen molar-refractivity contribution >= 4 is 18.4 Å². The van der Waals surface area contributed by atoms with E-state index in [9.17, 15) is 10.2 Å². The van der Waals surface area contributed by atoms with E-state index in [0.717, 1.165) is 5.20 Å². The molecule has 24 heavy (non-hydrogen) atoms. The standard InChI is InChI=1S/C21H28O2Si/c1-17(22)15-20(16-21(2,3)23)24(4,18-11-7-5-8-12-18)19-13-9-6-10-14-19/h5-14,16-17,22-23H,15H2,1-4H3/b20-16+. The molecule has 0 saturated heterocycles. The molecule has 2 aromatic rings. The molecule has 0 aliphatic carbocycles. The predicted molar refractivity (Wildman–Crippen MR) is 104 cm³/mol. The minimum atomic E-state index is -2.26. The van der Waals surface area contributed by atoms with Crippen LogP contribution in [-0.2, 0) is 0 Å². The Bertz CT molecular complexity index is 630. The lowest BCUT2D eigenvalue weighted by Crippen LogP contribution is -2.58. The Labute approximate surface area is 146 Å². The second-order valence-corrected chi connectivity index (χ2v) is 11.3. The van der Waals surface area contributed by atoms with E-state index >= 15 is 0 Å². The van der Waals surface area contributed by atoms with Crippen LogP contribution in [0.2, 0.25) is 6.55 Å². The first kappa shape index (κ1) is 18.7. The molecule has 0 saturated carbocycles. The number of hydrogen-bond acceptors (Lipinski definition) is 2. The van der Waals surface area contributed by atoms with E-state index in [4.69, 9.17) is 0 Å². The molecular weight excluding hydrogens is 312 g/mol. The summed E-state index contributed by atoms with van der Waals surface area (Å²) in [5.74, 6) is 0. The van der Waals surface area contributed by atoms with E-state index in [1.165, 1.54) is 10.4 Å². The Hall–Kier alpha value is -1.68. The van der Waals surface area contributed by atoms with Gasteiger partial charge in [0.2, 0.25) is 0 Å². The van der Waals surface area contributed by atoms with E-state index in [2.05, 4.69) is 55.1 Å². The van der Waals surface area contributed by atoms with E-state index in [1.807, 2.05) is 25.1 Å². The zero-order chi connectivity index (χ0) is 17.8. The van der Waals surface area contributed by atoms with E-state index in [0.29, 0.717) is 6.42 Å². The van der Waals surface area contributed by atoms with Crippen LogP contribution in [-0.4, -0.2) is 30.0 Å². The summed E-state index contributed by atoms with van der Waals surface area (Å²) in [6, 6.07) is 21.0. The van der Waals surface area contributed by atoms with Crippen LogP contribution in [0.5, 0.6) is 0 Å². The molecule has 128 valence electrons. The van der Waals surface area contributed by atoms with Crippen LogP contribution >= 0.6 is 0 Å². The van der Waals surface area contributed by atoms with Crippen molar-refractivity contribution in [3.05, 3.63) is 71.9 Å². The highest BCUT2D eigenvalue weighted by atomic mass is 28.3. The summed E-state index contributed by atoms with van der Waals surface area (Å²) in [4.78, 5) is 0. The maximum Gasteiger partial charge on any atom is 0.141 e. The fraction of sp³-hybridized carbons (Fsp3) is 0.333. The largest absolute Gasteiger partial charge is 0.393 e. The summed E-state index contributed by atoms with van der Waals surface area (Å²) in [5, 5.41) is 24.2. The monoisotopic (exact) mass is 340 g/mol. The number of rotatable bonds is 6. The second kappa shape index (κ2) is 7.47. The van der Waals surface area contributed by atoms with Crippen LogP contribution < -0.4 is 10.4 Å². The molecule has 0 aliphatic heterocycles. The van der Waals surface area contributed by atoms with Gasteiger partial charge in [-0.3, -0.25) is 0 Å². The third-order valence-corrected chi connectivity index (χ3v) is 9.00. The normalized spacial score (nSPS) is 14.5. The molecule has 0 radical (unpaired) electrons. The molecule has 0 bridgehead atoms. The molecule has 0 amide bonds. The van der Waals surface area contributed by atoms with Gasteiger partial charge in [0.1, 0.15) is 8.07 Å². The SMILES string of the molecule is CC(O)C/C(=C\C(C)(C)O)[Si](C)(c1ccccc1)c1ccccc1. The molecule has 2 nitrogen and oxygen atoms in total. The molecule has 1 unspecified atom stereocenters. The number of hydrogen-bond donors (Lipinski definition) is 2. The molecular formula is C21H28O2Si. The van der Waals surface area contributed by atoms with Gasteiger partial charge >= 0.3 is 0 Å². The molecule has 0 spiro atoms. The highest BCUT2D eigenvalue weighted by Gasteiger charge is 2.37. The second-order valence-electron chi connectivity index (χ2n) is 7.23. The molecule has 0 aromatic heterocycles. The van der Waals surface area contributed by atoms with Crippen LogP contribution in [0.3, 0.4) is 0 Å². The van der Waals surface area contributed by atoms with Gasteiger partial charge in [0.05, 0.1) is 11.7 Å². The fourth-order valence-electron chi connectivity index (χ4n) is 3.23. The van der Waals surface area contributed by atoms with Crippen molar-refractivity contribution < 1.29 is 10.2 Å². The minimum Gasteiger partial charge on any atom is -0.393 e. The van der Waals surface area contributed by atoms with Crippen molar-refractivity contribution in [1.82, 2.24) is 0 Å². The molecule has 0 fully saturated rings. The number of aliphatic hydroxyl groups is 2. The lowest BCUT2D eigenvalue weighted by molar-refractivity contribution is 0.131. The van der Waals surface area contributed by atoms with Gasteiger partial charge in [-0.2, -0.15) is 0 Å². The zero-order valence-corrected chi connectivity index (χ0v) is 16.0. The molecule has 0 heterocycles. The van der Waals surface area contributed by atoms with Crippen LogP contribution in [0.15, 0.2) is 71.9 Å². The minimum absolute atomic E-state index is 0.446. The van der Waals surface area contributed by atoms with Crippen molar-refractivity contribution in [1.29, 1.82) is 0 Å². The highest BCUT2D eigenvalue weighted by molar-refractivity contribution is 7.06. The molecule has 2 aromatic carbocycles. The summed E-state index contributed by atoms with van der Waals surface area (Å²) >= 11 is 0. The first-order valence-corrected chi connectivity index (χ1v) is 11.0. The number of aliphatic hydroxyl groups excluding tert-OH is 1. The predicted octanol–water partition coefficient (Wildman–Crippen LogP) is 2.89. The Kier molecular flexibility index (Phi) is 5.81. The molecule has 2 N–H and O–H groups in total. The van der Waals surface area contributed by atoms with Crippen molar-refractivity contribution in [2.75, 3.05) is 0 Å². The van der Waals surface area contributed by atoms with Gasteiger partial charge in [-0.1, -0.05) is 78.5 Å². The van der Waals surface area contributed by atoms with Gasteiger partial charge in [0, 0.05) is 0 Å². The maximum atomic E-state index is 10.4. The molecule has 1 atom stereocenters. The van der Waals surface area contributed by atoms with Crippen molar-refractivity contribution in [2.45, 2.75) is 45.4 Å². The lowest BCUT2D eigenvalue weighted by atomic mass is 10.1. The van der Waals surface area contributed by atoms with Crippen LogP contribution in [0.25, 0.3) is 0 Å². The summed E-state index contributed by atoms with van der Waals surface area (Å²) in [7, 11) is -2.26. The Morgan fingerprint density at radius 3 is 1.75 bits per heavy atom. The third kappa shape index (κ3) is 4.44. The van der Waals surface area contributed by atoms with Gasteiger partial charge < -0.3 is 10.2 Å². The third-order valence-electron chi connectivity index (χ3n) is 4.39. The van der Waals surface area contributed by atoms with Crippen LogP contribution in [0, 0.1) is 0 Å². The Morgan fingerprint density at radius 1 is 1.00 bits per heavy atom. The lowest BCUT2D eigenvalue weighted by Gasteiger charge is -2.34. The Balaban J connectivity index is 2.70. The quantitative estimate of drug-likeness (QED) is 0.794. The van der Waals surface area contributed by atoms with Crippen molar-refractivity contribution in [3.63, 3.8) is 0 Å². The molecule has 0 aliphatic rings. The summed E-state index contributed by atoms with van der Waals surface area (Å²) in [6.07, 6.45) is 2.07. The average molecular weight is 341 g/mol. The van der Waals surface area contributed by atoms with Crippen molar-refractivity contribution in [3.8, 4) is 0 Å². The van der Waals surface area contributed by atoms with E-state index < -0.39 is 19.8 Å². The summed E-state index contributed by atoms with van der Waals surface area (Å²) < 4.78 is 0.